The Morgan fingerprint density at radius 2 is 1.84 bits per heavy atom. The Kier molecular flexibility index (Phi) is 5.55. The molecule has 1 atom stereocenters. The topological polar surface area (TPSA) is 20.2 Å². The predicted octanol–water partition coefficient (Wildman–Crippen LogP) is 5.64. The summed E-state index contributed by atoms with van der Waals surface area (Å²) in [4.78, 5) is 0. The smallest absolute Gasteiger partial charge is 0.0841 e. The quantitative estimate of drug-likeness (QED) is 0.575. The molecular formula is C14H10BrCl2IO. The number of benzene rings is 2. The summed E-state index contributed by atoms with van der Waals surface area (Å²) in [5.41, 5.74) is 1.82. The Balaban J connectivity index is 2.22. The molecule has 0 aliphatic carbocycles. The number of hydrogen-bond donors (Lipinski definition) is 1. The first-order valence-corrected chi connectivity index (χ1v) is 8.17. The Morgan fingerprint density at radius 1 is 1.11 bits per heavy atom. The Labute approximate surface area is 144 Å². The predicted molar refractivity (Wildman–Crippen MR) is 92.0 cm³/mol. The molecule has 1 N–H and O–H groups in total. The zero-order valence-electron chi connectivity index (χ0n) is 9.71. The first-order chi connectivity index (χ1) is 8.97. The van der Waals surface area contributed by atoms with E-state index in [-0.39, 0.29) is 0 Å². The number of aliphatic hydroxyl groups excluding tert-OH is 1. The van der Waals surface area contributed by atoms with E-state index in [1.807, 2.05) is 24.3 Å². The number of hydrogen-bond acceptors (Lipinski definition) is 1. The van der Waals surface area contributed by atoms with Gasteiger partial charge in [-0.05, 0) is 64.0 Å². The van der Waals surface area contributed by atoms with Crippen LogP contribution in [0.25, 0.3) is 0 Å². The second-order valence-electron chi connectivity index (χ2n) is 4.13. The van der Waals surface area contributed by atoms with Gasteiger partial charge in [0.1, 0.15) is 0 Å². The first-order valence-electron chi connectivity index (χ1n) is 5.54. The van der Waals surface area contributed by atoms with Crippen LogP contribution in [0.5, 0.6) is 0 Å². The lowest BCUT2D eigenvalue weighted by atomic mass is 10.0. The minimum absolute atomic E-state index is 0.496. The summed E-state index contributed by atoms with van der Waals surface area (Å²) < 4.78 is 1.99. The van der Waals surface area contributed by atoms with Gasteiger partial charge in [0.25, 0.3) is 0 Å². The van der Waals surface area contributed by atoms with E-state index in [1.54, 1.807) is 12.1 Å². The van der Waals surface area contributed by atoms with Crippen molar-refractivity contribution in [3.63, 3.8) is 0 Å². The van der Waals surface area contributed by atoms with Gasteiger partial charge in [0.15, 0.2) is 0 Å². The normalized spacial score (nSPS) is 12.5. The highest BCUT2D eigenvalue weighted by molar-refractivity contribution is 14.1. The molecule has 0 saturated heterocycles. The number of rotatable bonds is 3. The molecule has 1 unspecified atom stereocenters. The van der Waals surface area contributed by atoms with Gasteiger partial charge < -0.3 is 5.11 Å². The van der Waals surface area contributed by atoms with Crippen molar-refractivity contribution in [2.75, 3.05) is 0 Å². The summed E-state index contributed by atoms with van der Waals surface area (Å²) in [6, 6.07) is 11.3. The summed E-state index contributed by atoms with van der Waals surface area (Å²) in [6.45, 7) is 0. The summed E-state index contributed by atoms with van der Waals surface area (Å²) >= 11 is 17.5. The van der Waals surface area contributed by atoms with Crippen LogP contribution < -0.4 is 0 Å². The van der Waals surface area contributed by atoms with Crippen molar-refractivity contribution in [1.82, 2.24) is 0 Å². The van der Waals surface area contributed by atoms with Crippen LogP contribution in [0, 0.1) is 3.57 Å². The molecule has 0 heterocycles. The molecule has 0 amide bonds. The molecule has 0 spiro atoms. The zero-order valence-corrected chi connectivity index (χ0v) is 15.0. The Hall–Kier alpha value is 0.190. The van der Waals surface area contributed by atoms with E-state index in [2.05, 4.69) is 38.5 Å². The fraction of sp³-hybridized carbons (Fsp3) is 0.143. The summed E-state index contributed by atoms with van der Waals surface area (Å²) in [5.74, 6) is 0. The molecule has 0 saturated carbocycles. The molecule has 1 nitrogen and oxygen atoms in total. The molecule has 0 aliphatic heterocycles. The lowest BCUT2D eigenvalue weighted by molar-refractivity contribution is 0.177. The minimum Gasteiger partial charge on any atom is -0.388 e. The largest absolute Gasteiger partial charge is 0.388 e. The Bertz CT molecular complexity index is 604. The van der Waals surface area contributed by atoms with E-state index in [4.69, 9.17) is 23.2 Å². The molecule has 0 fully saturated rings. The van der Waals surface area contributed by atoms with Crippen LogP contribution in [-0.2, 0) is 6.42 Å². The molecule has 2 rings (SSSR count). The lowest BCUT2D eigenvalue weighted by Gasteiger charge is -2.14. The number of halogens is 4. The van der Waals surface area contributed by atoms with Crippen LogP contribution in [0.1, 0.15) is 17.2 Å². The van der Waals surface area contributed by atoms with Gasteiger partial charge >= 0.3 is 0 Å². The third-order valence-corrected chi connectivity index (χ3v) is 4.86. The van der Waals surface area contributed by atoms with Crippen molar-refractivity contribution in [3.8, 4) is 0 Å². The maximum Gasteiger partial charge on any atom is 0.0841 e. The monoisotopic (exact) mass is 470 g/mol. The van der Waals surface area contributed by atoms with Crippen LogP contribution in [0.2, 0.25) is 10.0 Å². The van der Waals surface area contributed by atoms with Gasteiger partial charge in [-0.15, -0.1) is 0 Å². The maximum atomic E-state index is 10.3. The van der Waals surface area contributed by atoms with Crippen molar-refractivity contribution in [1.29, 1.82) is 0 Å². The van der Waals surface area contributed by atoms with Crippen molar-refractivity contribution in [2.24, 2.45) is 0 Å². The second kappa shape index (κ2) is 6.76. The maximum absolute atomic E-state index is 10.3. The van der Waals surface area contributed by atoms with Gasteiger partial charge in [0.2, 0.25) is 0 Å². The zero-order chi connectivity index (χ0) is 14.0. The molecule has 0 radical (unpaired) electrons. The van der Waals surface area contributed by atoms with Gasteiger partial charge in [-0.25, -0.2) is 0 Å². The highest BCUT2D eigenvalue weighted by Gasteiger charge is 2.13. The van der Waals surface area contributed by atoms with Crippen molar-refractivity contribution in [3.05, 3.63) is 65.6 Å². The highest BCUT2D eigenvalue weighted by atomic mass is 127. The summed E-state index contributed by atoms with van der Waals surface area (Å²) in [7, 11) is 0. The van der Waals surface area contributed by atoms with Crippen molar-refractivity contribution in [2.45, 2.75) is 12.5 Å². The van der Waals surface area contributed by atoms with Gasteiger partial charge in [0, 0.05) is 14.5 Å². The molecule has 19 heavy (non-hydrogen) atoms. The average Bonchev–Trinajstić information content (AvgIpc) is 2.36. The molecule has 2 aromatic rings. The SMILES string of the molecule is OC(Cc1ccc(Cl)c(Cl)c1)c1cc(I)ccc1Br. The Morgan fingerprint density at radius 3 is 2.53 bits per heavy atom. The molecule has 2 aromatic carbocycles. The minimum atomic E-state index is -0.582. The third kappa shape index (κ3) is 4.08. The van der Waals surface area contributed by atoms with E-state index < -0.39 is 6.10 Å². The molecule has 0 bridgehead atoms. The molecule has 0 aliphatic rings. The van der Waals surface area contributed by atoms with E-state index in [0.717, 1.165) is 19.2 Å². The van der Waals surface area contributed by atoms with E-state index in [9.17, 15) is 5.11 Å². The average molecular weight is 472 g/mol. The molecular weight excluding hydrogens is 462 g/mol. The van der Waals surface area contributed by atoms with Gasteiger partial charge in [0.05, 0.1) is 16.1 Å². The van der Waals surface area contributed by atoms with Gasteiger partial charge in [-0.2, -0.15) is 0 Å². The van der Waals surface area contributed by atoms with Crippen molar-refractivity contribution >= 4 is 61.7 Å². The standard InChI is InChI=1S/C14H10BrCl2IO/c15-11-3-2-9(18)7-10(11)14(19)6-8-1-4-12(16)13(17)5-8/h1-5,7,14,19H,6H2. The van der Waals surface area contributed by atoms with Gasteiger partial charge in [-0.1, -0.05) is 45.2 Å². The van der Waals surface area contributed by atoms with E-state index in [1.165, 1.54) is 0 Å². The summed E-state index contributed by atoms with van der Waals surface area (Å²) in [5, 5.41) is 11.4. The van der Waals surface area contributed by atoms with Crippen LogP contribution in [0.3, 0.4) is 0 Å². The lowest BCUT2D eigenvalue weighted by Crippen LogP contribution is -2.03. The van der Waals surface area contributed by atoms with E-state index >= 15 is 0 Å². The van der Waals surface area contributed by atoms with Crippen LogP contribution in [0.4, 0.5) is 0 Å². The van der Waals surface area contributed by atoms with Gasteiger partial charge in [-0.3, -0.25) is 0 Å². The molecule has 5 heteroatoms. The second-order valence-corrected chi connectivity index (χ2v) is 7.05. The first kappa shape index (κ1) is 15.6. The third-order valence-electron chi connectivity index (χ3n) is 2.73. The van der Waals surface area contributed by atoms with Crippen LogP contribution in [0.15, 0.2) is 40.9 Å². The molecule has 100 valence electrons. The molecule has 0 aromatic heterocycles. The van der Waals surface area contributed by atoms with Crippen molar-refractivity contribution < 1.29 is 5.11 Å². The fourth-order valence-corrected chi connectivity index (χ4v) is 3.12. The highest BCUT2D eigenvalue weighted by Crippen LogP contribution is 2.29. The fourth-order valence-electron chi connectivity index (χ4n) is 1.77. The van der Waals surface area contributed by atoms with Crippen LogP contribution >= 0.6 is 61.7 Å². The number of aliphatic hydroxyl groups is 1. The van der Waals surface area contributed by atoms with Crippen LogP contribution in [-0.4, -0.2) is 5.11 Å². The summed E-state index contributed by atoms with van der Waals surface area (Å²) in [6.07, 6.45) is -0.0865. The van der Waals surface area contributed by atoms with E-state index in [0.29, 0.717) is 16.5 Å².